The first-order valence-electron chi connectivity index (χ1n) is 7.51. The van der Waals surface area contributed by atoms with Crippen LogP contribution >= 0.6 is 11.8 Å². The van der Waals surface area contributed by atoms with Crippen molar-refractivity contribution in [2.24, 2.45) is 0 Å². The number of ether oxygens (including phenoxy) is 2. The van der Waals surface area contributed by atoms with Gasteiger partial charge < -0.3 is 24.5 Å². The van der Waals surface area contributed by atoms with Gasteiger partial charge in [0.05, 0.1) is 32.2 Å². The second-order valence-corrected chi connectivity index (χ2v) is 6.08. The maximum absolute atomic E-state index is 12.3. The highest BCUT2D eigenvalue weighted by Crippen LogP contribution is 2.05. The first-order valence-corrected chi connectivity index (χ1v) is 8.90. The van der Waals surface area contributed by atoms with Crippen LogP contribution in [0.5, 0.6) is 0 Å². The molecule has 0 spiro atoms. The summed E-state index contributed by atoms with van der Waals surface area (Å²) in [6, 6.07) is 2.59. The molecule has 1 aromatic rings. The van der Waals surface area contributed by atoms with E-state index in [2.05, 4.69) is 10.6 Å². The smallest absolute Gasteiger partial charge is 0.287 e. The number of nitrogens with one attached hydrogen (secondary N) is 2. The second kappa shape index (κ2) is 9.59. The van der Waals surface area contributed by atoms with Gasteiger partial charge in [-0.1, -0.05) is 0 Å². The van der Waals surface area contributed by atoms with Gasteiger partial charge in [0.15, 0.2) is 5.76 Å². The summed E-state index contributed by atoms with van der Waals surface area (Å²) in [5, 5.41) is 5.53. The van der Waals surface area contributed by atoms with E-state index in [1.165, 1.54) is 6.26 Å². The van der Waals surface area contributed by atoms with E-state index in [0.29, 0.717) is 32.8 Å². The predicted molar refractivity (Wildman–Crippen MR) is 86.5 cm³/mol. The van der Waals surface area contributed by atoms with Crippen molar-refractivity contribution in [3.05, 3.63) is 24.2 Å². The van der Waals surface area contributed by atoms with Gasteiger partial charge in [0.2, 0.25) is 5.91 Å². The molecule has 7 nitrogen and oxygen atoms in total. The van der Waals surface area contributed by atoms with Crippen LogP contribution in [0.2, 0.25) is 0 Å². The normalized spacial score (nSPS) is 19.1. The molecule has 2 amide bonds. The molecular formula is C15H22N2O5S. The lowest BCUT2D eigenvalue weighted by Crippen LogP contribution is -2.49. The number of carbonyl (C=O) groups excluding carboxylic acids is 2. The van der Waals surface area contributed by atoms with Gasteiger partial charge in [0.1, 0.15) is 6.04 Å². The molecule has 2 heterocycles. The lowest BCUT2D eigenvalue weighted by Gasteiger charge is -2.24. The number of furan rings is 1. The van der Waals surface area contributed by atoms with Crippen LogP contribution in [-0.2, 0) is 14.3 Å². The molecule has 1 unspecified atom stereocenters. The molecule has 8 heteroatoms. The van der Waals surface area contributed by atoms with Crippen LogP contribution in [0, 0.1) is 0 Å². The third-order valence-corrected chi connectivity index (χ3v) is 4.01. The van der Waals surface area contributed by atoms with Crippen molar-refractivity contribution in [1.29, 1.82) is 0 Å². The fraction of sp³-hybridized carbons (Fsp3) is 0.600. The van der Waals surface area contributed by atoms with Crippen molar-refractivity contribution in [2.45, 2.75) is 18.6 Å². The van der Waals surface area contributed by atoms with Gasteiger partial charge in [-0.2, -0.15) is 11.8 Å². The molecule has 1 saturated heterocycles. The van der Waals surface area contributed by atoms with Gasteiger partial charge in [0, 0.05) is 6.54 Å². The molecular weight excluding hydrogens is 320 g/mol. The monoisotopic (exact) mass is 342 g/mol. The van der Waals surface area contributed by atoms with Crippen molar-refractivity contribution >= 4 is 23.6 Å². The molecule has 0 aromatic carbocycles. The van der Waals surface area contributed by atoms with E-state index < -0.39 is 11.9 Å². The lowest BCUT2D eigenvalue weighted by atomic mass is 10.2. The standard InChI is InChI=1S/C15H22N2O5S/c1-23-8-4-12(17-15(19)13-3-2-5-22-13)14(18)16-9-11-10-20-6-7-21-11/h2-3,5,11-12H,4,6-10H2,1H3,(H,16,18)(H,17,19)/t11-,12?/m1/s1. The summed E-state index contributed by atoms with van der Waals surface area (Å²) in [7, 11) is 0. The Morgan fingerprint density at radius 3 is 2.96 bits per heavy atom. The summed E-state index contributed by atoms with van der Waals surface area (Å²) in [6.07, 6.45) is 3.78. The van der Waals surface area contributed by atoms with Gasteiger partial charge in [-0.3, -0.25) is 9.59 Å². The molecule has 1 aromatic heterocycles. The van der Waals surface area contributed by atoms with Crippen molar-refractivity contribution in [1.82, 2.24) is 10.6 Å². The number of carbonyl (C=O) groups is 2. The van der Waals surface area contributed by atoms with Crippen molar-refractivity contribution in [3.63, 3.8) is 0 Å². The second-order valence-electron chi connectivity index (χ2n) is 5.10. The van der Waals surface area contributed by atoms with Gasteiger partial charge in [-0.15, -0.1) is 0 Å². The van der Waals surface area contributed by atoms with Crippen molar-refractivity contribution in [2.75, 3.05) is 38.4 Å². The minimum atomic E-state index is -0.607. The first kappa shape index (κ1) is 17.8. The van der Waals surface area contributed by atoms with E-state index in [1.54, 1.807) is 23.9 Å². The van der Waals surface area contributed by atoms with Crippen molar-refractivity contribution < 1.29 is 23.5 Å². The van der Waals surface area contributed by atoms with E-state index in [9.17, 15) is 9.59 Å². The predicted octanol–water partition coefficient (Wildman–Crippen LogP) is 0.663. The molecule has 0 saturated carbocycles. The summed E-state index contributed by atoms with van der Waals surface area (Å²) < 4.78 is 15.8. The van der Waals surface area contributed by atoms with E-state index in [4.69, 9.17) is 13.9 Å². The van der Waals surface area contributed by atoms with E-state index in [0.717, 1.165) is 5.75 Å². The number of hydrogen-bond acceptors (Lipinski definition) is 6. The third kappa shape index (κ3) is 5.89. The Kier molecular flexibility index (Phi) is 7.44. The molecule has 2 atom stereocenters. The SMILES string of the molecule is CSCCC(NC(=O)c1ccco1)C(=O)NC[C@@H]1COCCO1. The molecule has 23 heavy (non-hydrogen) atoms. The molecule has 0 radical (unpaired) electrons. The highest BCUT2D eigenvalue weighted by Gasteiger charge is 2.23. The van der Waals surface area contributed by atoms with Crippen molar-refractivity contribution in [3.8, 4) is 0 Å². The van der Waals surface area contributed by atoms with Crippen LogP contribution in [0.25, 0.3) is 0 Å². The minimum Gasteiger partial charge on any atom is -0.459 e. The molecule has 2 rings (SSSR count). The summed E-state index contributed by atoms with van der Waals surface area (Å²) in [5.74, 6) is 0.331. The van der Waals surface area contributed by atoms with Gasteiger partial charge >= 0.3 is 0 Å². The van der Waals surface area contributed by atoms with E-state index in [-0.39, 0.29) is 17.8 Å². The Hall–Kier alpha value is -1.51. The number of rotatable bonds is 8. The zero-order chi connectivity index (χ0) is 16.5. The van der Waals surface area contributed by atoms with Crippen LogP contribution in [0.1, 0.15) is 17.0 Å². The van der Waals surface area contributed by atoms with Crippen LogP contribution in [0.3, 0.4) is 0 Å². The lowest BCUT2D eigenvalue weighted by molar-refractivity contribution is -0.125. The van der Waals surface area contributed by atoms with Crippen LogP contribution in [0.4, 0.5) is 0 Å². The highest BCUT2D eigenvalue weighted by atomic mass is 32.2. The van der Waals surface area contributed by atoms with Gasteiger partial charge in [-0.05, 0) is 30.6 Å². The quantitative estimate of drug-likeness (QED) is 0.721. The van der Waals surface area contributed by atoms with E-state index in [1.807, 2.05) is 6.26 Å². The zero-order valence-electron chi connectivity index (χ0n) is 13.1. The molecule has 128 valence electrons. The minimum absolute atomic E-state index is 0.144. The maximum Gasteiger partial charge on any atom is 0.287 e. The average molecular weight is 342 g/mol. The Bertz CT molecular complexity index is 488. The number of hydrogen-bond donors (Lipinski definition) is 2. The van der Waals surface area contributed by atoms with Crippen LogP contribution < -0.4 is 10.6 Å². The summed E-state index contributed by atoms with van der Waals surface area (Å²) in [4.78, 5) is 24.4. The molecule has 0 aliphatic carbocycles. The first-order chi connectivity index (χ1) is 11.2. The zero-order valence-corrected chi connectivity index (χ0v) is 13.9. The van der Waals surface area contributed by atoms with Gasteiger partial charge in [0.25, 0.3) is 5.91 Å². The Morgan fingerprint density at radius 1 is 1.43 bits per heavy atom. The van der Waals surface area contributed by atoms with Gasteiger partial charge in [-0.25, -0.2) is 0 Å². The fourth-order valence-corrected chi connectivity index (χ4v) is 2.61. The van der Waals surface area contributed by atoms with Crippen LogP contribution in [-0.4, -0.2) is 62.3 Å². The fourth-order valence-electron chi connectivity index (χ4n) is 2.13. The molecule has 1 fully saturated rings. The topological polar surface area (TPSA) is 89.8 Å². The molecule has 1 aliphatic heterocycles. The molecule has 0 bridgehead atoms. The third-order valence-electron chi connectivity index (χ3n) is 3.37. The largest absolute Gasteiger partial charge is 0.459 e. The van der Waals surface area contributed by atoms with E-state index >= 15 is 0 Å². The Balaban J connectivity index is 1.85. The molecule has 2 N–H and O–H groups in total. The summed E-state index contributed by atoms with van der Waals surface area (Å²) >= 11 is 1.62. The van der Waals surface area contributed by atoms with Crippen LogP contribution in [0.15, 0.2) is 22.8 Å². The Morgan fingerprint density at radius 2 is 2.30 bits per heavy atom. The summed E-state index contributed by atoms with van der Waals surface area (Å²) in [6.45, 7) is 1.95. The maximum atomic E-state index is 12.3. The molecule has 1 aliphatic rings. The highest BCUT2D eigenvalue weighted by molar-refractivity contribution is 7.98. The summed E-state index contributed by atoms with van der Waals surface area (Å²) in [5.41, 5.74) is 0. The average Bonchev–Trinajstić information content (AvgIpc) is 3.12. The number of amides is 2. The Labute approximate surface area is 139 Å². The number of thioether (sulfide) groups is 1.